The summed E-state index contributed by atoms with van der Waals surface area (Å²) >= 11 is 1.34. The first-order valence-corrected chi connectivity index (χ1v) is 8.66. The van der Waals surface area contributed by atoms with Gasteiger partial charge in [-0.3, -0.25) is 14.4 Å². The van der Waals surface area contributed by atoms with E-state index in [0.717, 1.165) is 12.8 Å². The Balaban J connectivity index is 1.76. The van der Waals surface area contributed by atoms with Crippen molar-refractivity contribution in [2.24, 2.45) is 0 Å². The van der Waals surface area contributed by atoms with Crippen LogP contribution in [0.5, 0.6) is 0 Å². The second-order valence-electron chi connectivity index (χ2n) is 5.86. The smallest absolute Gasteiger partial charge is 0.254 e. The van der Waals surface area contributed by atoms with E-state index >= 15 is 0 Å². The molecule has 1 N–H and O–H groups in total. The standard InChI is InChI=1S/C18H18N2O3S/c1-20(11-16(21)19-12-8-9-12)18(23)14-6-3-2-5-13(14)17(22)15-7-4-10-24-15/h2-7,10,12H,8-9,11H2,1H3,(H,19,21). The van der Waals surface area contributed by atoms with Crippen LogP contribution in [0.2, 0.25) is 0 Å². The lowest BCUT2D eigenvalue weighted by Crippen LogP contribution is -2.39. The molecule has 1 aliphatic carbocycles. The predicted octanol–water partition coefficient (Wildman–Crippen LogP) is 2.33. The second kappa shape index (κ2) is 6.97. The van der Waals surface area contributed by atoms with Crippen molar-refractivity contribution >= 4 is 28.9 Å². The van der Waals surface area contributed by atoms with Gasteiger partial charge in [0.2, 0.25) is 11.7 Å². The molecule has 0 saturated heterocycles. The van der Waals surface area contributed by atoms with Crippen molar-refractivity contribution in [1.82, 2.24) is 10.2 Å². The summed E-state index contributed by atoms with van der Waals surface area (Å²) in [6.07, 6.45) is 2.00. The lowest BCUT2D eigenvalue weighted by atomic mass is 10.0. The molecule has 0 atom stereocenters. The fourth-order valence-electron chi connectivity index (χ4n) is 2.40. The maximum Gasteiger partial charge on any atom is 0.254 e. The van der Waals surface area contributed by atoms with E-state index in [2.05, 4.69) is 5.32 Å². The molecule has 2 aromatic rings. The third-order valence-electron chi connectivity index (χ3n) is 3.82. The number of likely N-dealkylation sites (N-methyl/N-ethyl adjacent to an activating group) is 1. The summed E-state index contributed by atoms with van der Waals surface area (Å²) in [6, 6.07) is 10.5. The number of benzene rings is 1. The van der Waals surface area contributed by atoms with Crippen molar-refractivity contribution < 1.29 is 14.4 Å². The molecule has 0 unspecified atom stereocenters. The van der Waals surface area contributed by atoms with Crippen molar-refractivity contribution in [3.8, 4) is 0 Å². The first-order chi connectivity index (χ1) is 11.6. The number of thiophene rings is 1. The summed E-state index contributed by atoms with van der Waals surface area (Å²) in [7, 11) is 1.57. The van der Waals surface area contributed by atoms with Gasteiger partial charge < -0.3 is 10.2 Å². The Labute approximate surface area is 144 Å². The van der Waals surface area contributed by atoms with Gasteiger partial charge >= 0.3 is 0 Å². The number of carbonyl (C=O) groups is 3. The zero-order chi connectivity index (χ0) is 17.1. The Morgan fingerprint density at radius 2 is 1.83 bits per heavy atom. The van der Waals surface area contributed by atoms with Gasteiger partial charge in [0.15, 0.2) is 0 Å². The summed E-state index contributed by atoms with van der Waals surface area (Å²) in [5.41, 5.74) is 0.678. The number of hydrogen-bond acceptors (Lipinski definition) is 4. The molecule has 1 fully saturated rings. The molecule has 1 heterocycles. The molecule has 0 spiro atoms. The lowest BCUT2D eigenvalue weighted by molar-refractivity contribution is -0.121. The van der Waals surface area contributed by atoms with E-state index in [4.69, 9.17) is 0 Å². The minimum absolute atomic E-state index is 0.0170. The van der Waals surface area contributed by atoms with Crippen LogP contribution in [0.1, 0.15) is 38.4 Å². The van der Waals surface area contributed by atoms with Crippen LogP contribution in [0, 0.1) is 0 Å². The zero-order valence-electron chi connectivity index (χ0n) is 13.3. The van der Waals surface area contributed by atoms with Crippen molar-refractivity contribution in [2.75, 3.05) is 13.6 Å². The van der Waals surface area contributed by atoms with E-state index in [1.54, 1.807) is 43.4 Å². The Kier molecular flexibility index (Phi) is 4.76. The van der Waals surface area contributed by atoms with Gasteiger partial charge in [0.05, 0.1) is 17.0 Å². The van der Waals surface area contributed by atoms with Gasteiger partial charge in [-0.1, -0.05) is 24.3 Å². The number of rotatable bonds is 6. The van der Waals surface area contributed by atoms with Crippen LogP contribution in [0.4, 0.5) is 0 Å². The molecule has 3 rings (SSSR count). The van der Waals surface area contributed by atoms with Crippen LogP contribution < -0.4 is 5.32 Å². The third-order valence-corrected chi connectivity index (χ3v) is 4.69. The van der Waals surface area contributed by atoms with Crippen molar-refractivity contribution in [3.63, 3.8) is 0 Å². The average Bonchev–Trinajstić information content (AvgIpc) is 3.22. The molecule has 5 nitrogen and oxygen atoms in total. The molecule has 1 saturated carbocycles. The van der Waals surface area contributed by atoms with Crippen molar-refractivity contribution in [1.29, 1.82) is 0 Å². The van der Waals surface area contributed by atoms with E-state index in [0.29, 0.717) is 16.0 Å². The fourth-order valence-corrected chi connectivity index (χ4v) is 3.08. The highest BCUT2D eigenvalue weighted by molar-refractivity contribution is 7.12. The highest BCUT2D eigenvalue weighted by atomic mass is 32.1. The third kappa shape index (κ3) is 3.71. The molecule has 1 aromatic carbocycles. The number of hydrogen-bond donors (Lipinski definition) is 1. The van der Waals surface area contributed by atoms with Gasteiger partial charge in [-0.15, -0.1) is 11.3 Å². The van der Waals surface area contributed by atoms with Crippen LogP contribution in [-0.2, 0) is 4.79 Å². The molecule has 24 heavy (non-hydrogen) atoms. The summed E-state index contributed by atoms with van der Waals surface area (Å²) in [5.74, 6) is -0.679. The molecule has 1 aromatic heterocycles. The second-order valence-corrected chi connectivity index (χ2v) is 6.80. The minimum Gasteiger partial charge on any atom is -0.352 e. The average molecular weight is 342 g/mol. The first-order valence-electron chi connectivity index (χ1n) is 7.78. The molecule has 0 aliphatic heterocycles. The largest absolute Gasteiger partial charge is 0.352 e. The molecular formula is C18H18N2O3S. The van der Waals surface area contributed by atoms with Gasteiger partial charge in [0, 0.05) is 18.7 Å². The van der Waals surface area contributed by atoms with Crippen LogP contribution in [-0.4, -0.2) is 42.1 Å². The van der Waals surface area contributed by atoms with Crippen LogP contribution in [0.3, 0.4) is 0 Å². The van der Waals surface area contributed by atoms with Crippen LogP contribution >= 0.6 is 11.3 Å². The molecule has 6 heteroatoms. The molecule has 124 valence electrons. The predicted molar refractivity (Wildman–Crippen MR) is 92.3 cm³/mol. The van der Waals surface area contributed by atoms with E-state index in [-0.39, 0.29) is 30.2 Å². The highest BCUT2D eigenvalue weighted by Crippen LogP contribution is 2.20. The molecule has 0 radical (unpaired) electrons. The van der Waals surface area contributed by atoms with Gasteiger partial charge in [-0.05, 0) is 30.4 Å². The number of carbonyl (C=O) groups excluding carboxylic acids is 3. The van der Waals surface area contributed by atoms with E-state index in [1.165, 1.54) is 16.2 Å². The van der Waals surface area contributed by atoms with E-state index in [1.807, 2.05) is 5.38 Å². The summed E-state index contributed by atoms with van der Waals surface area (Å²) in [4.78, 5) is 39.1. The summed E-state index contributed by atoms with van der Waals surface area (Å²) in [6.45, 7) is -0.0170. The summed E-state index contributed by atoms with van der Waals surface area (Å²) in [5, 5.41) is 4.68. The molecule has 1 aliphatic rings. The number of ketones is 1. The van der Waals surface area contributed by atoms with Gasteiger partial charge in [-0.25, -0.2) is 0 Å². The molecule has 2 amide bonds. The Morgan fingerprint density at radius 1 is 1.12 bits per heavy atom. The summed E-state index contributed by atoms with van der Waals surface area (Å²) < 4.78 is 0. The van der Waals surface area contributed by atoms with Crippen molar-refractivity contribution in [3.05, 3.63) is 57.8 Å². The molecular weight excluding hydrogens is 324 g/mol. The van der Waals surface area contributed by atoms with Crippen molar-refractivity contribution in [2.45, 2.75) is 18.9 Å². The normalized spacial score (nSPS) is 13.4. The van der Waals surface area contributed by atoms with Gasteiger partial charge in [-0.2, -0.15) is 0 Å². The maximum absolute atomic E-state index is 12.7. The van der Waals surface area contributed by atoms with Crippen LogP contribution in [0.25, 0.3) is 0 Å². The first kappa shape index (κ1) is 16.4. The number of nitrogens with zero attached hydrogens (tertiary/aromatic N) is 1. The highest BCUT2D eigenvalue weighted by Gasteiger charge is 2.26. The SMILES string of the molecule is CN(CC(=O)NC1CC1)C(=O)c1ccccc1C(=O)c1cccs1. The van der Waals surface area contributed by atoms with Gasteiger partial charge in [0.25, 0.3) is 5.91 Å². The Hall–Kier alpha value is -2.47. The van der Waals surface area contributed by atoms with Gasteiger partial charge in [0.1, 0.15) is 0 Å². The minimum atomic E-state index is -0.332. The quantitative estimate of drug-likeness (QED) is 0.820. The number of nitrogens with one attached hydrogen (secondary N) is 1. The molecule has 0 bridgehead atoms. The number of amides is 2. The van der Waals surface area contributed by atoms with E-state index < -0.39 is 0 Å². The van der Waals surface area contributed by atoms with E-state index in [9.17, 15) is 14.4 Å². The lowest BCUT2D eigenvalue weighted by Gasteiger charge is -2.18. The Bertz CT molecular complexity index is 766. The Morgan fingerprint density at radius 3 is 2.46 bits per heavy atom. The monoisotopic (exact) mass is 342 g/mol. The maximum atomic E-state index is 12.7. The van der Waals surface area contributed by atoms with Crippen LogP contribution in [0.15, 0.2) is 41.8 Å². The zero-order valence-corrected chi connectivity index (χ0v) is 14.1. The topological polar surface area (TPSA) is 66.5 Å². The fraction of sp³-hybridized carbons (Fsp3) is 0.278.